The third-order valence-electron chi connectivity index (χ3n) is 3.37. The summed E-state index contributed by atoms with van der Waals surface area (Å²) in [4.78, 5) is 48.0. The molecule has 1 fully saturated rings. The number of likely N-dealkylation sites (tertiary alicyclic amines) is 1. The van der Waals surface area contributed by atoms with Gasteiger partial charge in [0.25, 0.3) is 5.91 Å². The van der Waals surface area contributed by atoms with Crippen molar-refractivity contribution in [1.82, 2.24) is 15.1 Å². The summed E-state index contributed by atoms with van der Waals surface area (Å²) in [6, 6.07) is -1.85. The number of carboxylic acid groups (broad SMARTS) is 1. The quantitative estimate of drug-likeness (QED) is 0.671. The molecule has 0 spiro atoms. The lowest BCUT2D eigenvalue weighted by Crippen LogP contribution is -2.51. The maximum absolute atomic E-state index is 12.1. The van der Waals surface area contributed by atoms with Crippen molar-refractivity contribution < 1.29 is 24.3 Å². The molecule has 20 heavy (non-hydrogen) atoms. The third-order valence-corrected chi connectivity index (χ3v) is 3.37. The molecule has 1 rings (SSSR count). The summed E-state index contributed by atoms with van der Waals surface area (Å²) in [5.74, 6) is -1.98. The van der Waals surface area contributed by atoms with Crippen LogP contribution in [-0.2, 0) is 14.4 Å². The fraction of sp³-hybridized carbons (Fsp3) is 0.667. The number of urea groups is 1. The minimum Gasteiger partial charge on any atom is -0.480 e. The Morgan fingerprint density at radius 3 is 2.50 bits per heavy atom. The molecule has 0 aromatic heterocycles. The van der Waals surface area contributed by atoms with Gasteiger partial charge in [0.15, 0.2) is 0 Å². The van der Waals surface area contributed by atoms with Crippen LogP contribution in [0.15, 0.2) is 0 Å². The number of carboxylic acids is 1. The van der Waals surface area contributed by atoms with E-state index in [1.54, 1.807) is 6.92 Å². The number of rotatable bonds is 5. The molecule has 2 atom stereocenters. The summed E-state index contributed by atoms with van der Waals surface area (Å²) in [6.45, 7) is 3.09. The number of likely N-dealkylation sites (N-methyl/N-ethyl adjacent to an activating group) is 1. The second-order valence-electron chi connectivity index (χ2n) is 4.78. The SMILES string of the molecule is CCC(C)N(CC(=O)O)C(=O)NC1CC(=O)N(C)C1=O. The van der Waals surface area contributed by atoms with Crippen LogP contribution in [-0.4, -0.2) is 64.4 Å². The van der Waals surface area contributed by atoms with Gasteiger partial charge in [-0.05, 0) is 13.3 Å². The van der Waals surface area contributed by atoms with Gasteiger partial charge in [-0.3, -0.25) is 19.3 Å². The van der Waals surface area contributed by atoms with E-state index in [-0.39, 0.29) is 18.4 Å². The van der Waals surface area contributed by atoms with Crippen molar-refractivity contribution >= 4 is 23.8 Å². The minimum atomic E-state index is -1.13. The summed E-state index contributed by atoms with van der Waals surface area (Å²) >= 11 is 0. The van der Waals surface area contributed by atoms with Crippen LogP contribution in [0.4, 0.5) is 4.79 Å². The van der Waals surface area contributed by atoms with Crippen molar-refractivity contribution in [2.45, 2.75) is 38.8 Å². The highest BCUT2D eigenvalue weighted by Crippen LogP contribution is 2.12. The first kappa shape index (κ1) is 15.9. The molecule has 8 nitrogen and oxygen atoms in total. The maximum Gasteiger partial charge on any atom is 0.323 e. The van der Waals surface area contributed by atoms with E-state index in [1.165, 1.54) is 7.05 Å². The average molecular weight is 285 g/mol. The van der Waals surface area contributed by atoms with Crippen LogP contribution in [0.1, 0.15) is 26.7 Å². The van der Waals surface area contributed by atoms with Crippen molar-refractivity contribution in [3.63, 3.8) is 0 Å². The number of hydrogen-bond acceptors (Lipinski definition) is 4. The molecule has 1 saturated heterocycles. The summed E-state index contributed by atoms with van der Waals surface area (Å²) in [7, 11) is 1.35. The van der Waals surface area contributed by atoms with Crippen LogP contribution < -0.4 is 5.32 Å². The first-order valence-electron chi connectivity index (χ1n) is 6.37. The van der Waals surface area contributed by atoms with E-state index in [0.717, 1.165) is 9.80 Å². The zero-order valence-electron chi connectivity index (χ0n) is 11.8. The Morgan fingerprint density at radius 2 is 2.10 bits per heavy atom. The van der Waals surface area contributed by atoms with Gasteiger partial charge in [0, 0.05) is 13.1 Å². The van der Waals surface area contributed by atoms with E-state index >= 15 is 0 Å². The standard InChI is InChI=1S/C12H19N3O5/c1-4-7(2)15(6-10(17)18)12(20)13-8-5-9(16)14(3)11(8)19/h7-8H,4-6H2,1-3H3,(H,13,20)(H,17,18). The van der Waals surface area contributed by atoms with E-state index < -0.39 is 30.5 Å². The molecule has 112 valence electrons. The number of aliphatic carboxylic acids is 1. The fourth-order valence-corrected chi connectivity index (χ4v) is 1.89. The number of nitrogens with one attached hydrogen (secondary N) is 1. The predicted octanol–water partition coefficient (Wildman–Crippen LogP) is -0.362. The lowest BCUT2D eigenvalue weighted by Gasteiger charge is -2.28. The number of carbonyl (C=O) groups is 4. The summed E-state index contributed by atoms with van der Waals surface area (Å²) in [6.07, 6.45) is 0.487. The Labute approximate surface area is 116 Å². The molecule has 0 aliphatic carbocycles. The Hall–Kier alpha value is -2.12. The van der Waals surface area contributed by atoms with Gasteiger partial charge in [-0.15, -0.1) is 0 Å². The van der Waals surface area contributed by atoms with Crippen molar-refractivity contribution in [2.75, 3.05) is 13.6 Å². The average Bonchev–Trinajstić information content (AvgIpc) is 2.62. The Bertz CT molecular complexity index is 437. The number of amides is 4. The zero-order chi connectivity index (χ0) is 15.4. The van der Waals surface area contributed by atoms with E-state index in [0.29, 0.717) is 6.42 Å². The smallest absolute Gasteiger partial charge is 0.323 e. The Morgan fingerprint density at radius 1 is 1.50 bits per heavy atom. The van der Waals surface area contributed by atoms with Crippen LogP contribution in [0.2, 0.25) is 0 Å². The maximum atomic E-state index is 12.1. The molecule has 1 aliphatic heterocycles. The molecular weight excluding hydrogens is 266 g/mol. The molecule has 8 heteroatoms. The zero-order valence-corrected chi connectivity index (χ0v) is 11.8. The van der Waals surface area contributed by atoms with Gasteiger partial charge < -0.3 is 15.3 Å². The largest absolute Gasteiger partial charge is 0.480 e. The molecule has 1 heterocycles. The number of imide groups is 1. The predicted molar refractivity (Wildman–Crippen MR) is 68.8 cm³/mol. The van der Waals surface area contributed by atoms with Gasteiger partial charge in [0.2, 0.25) is 5.91 Å². The van der Waals surface area contributed by atoms with Crippen molar-refractivity contribution in [1.29, 1.82) is 0 Å². The van der Waals surface area contributed by atoms with Gasteiger partial charge in [0.05, 0.1) is 6.42 Å². The minimum absolute atomic E-state index is 0.0948. The molecule has 0 saturated carbocycles. The van der Waals surface area contributed by atoms with Crippen LogP contribution >= 0.6 is 0 Å². The van der Waals surface area contributed by atoms with Gasteiger partial charge in [-0.1, -0.05) is 6.92 Å². The highest BCUT2D eigenvalue weighted by atomic mass is 16.4. The van der Waals surface area contributed by atoms with Crippen molar-refractivity contribution in [2.24, 2.45) is 0 Å². The van der Waals surface area contributed by atoms with E-state index in [4.69, 9.17) is 5.11 Å². The first-order chi connectivity index (χ1) is 9.27. The molecule has 0 aromatic carbocycles. The Kier molecular flexibility index (Phi) is 5.06. The molecule has 1 aliphatic rings. The van der Waals surface area contributed by atoms with Crippen LogP contribution in [0, 0.1) is 0 Å². The van der Waals surface area contributed by atoms with E-state index in [2.05, 4.69) is 5.32 Å². The molecule has 2 N–H and O–H groups in total. The highest BCUT2D eigenvalue weighted by Gasteiger charge is 2.38. The number of hydrogen-bond donors (Lipinski definition) is 2. The van der Waals surface area contributed by atoms with Gasteiger partial charge in [-0.25, -0.2) is 4.79 Å². The summed E-state index contributed by atoms with van der Waals surface area (Å²) in [5.41, 5.74) is 0. The second kappa shape index (κ2) is 6.36. The normalized spacial score (nSPS) is 19.9. The Balaban J connectivity index is 2.74. The summed E-state index contributed by atoms with van der Waals surface area (Å²) in [5, 5.41) is 11.2. The van der Waals surface area contributed by atoms with Gasteiger partial charge in [-0.2, -0.15) is 0 Å². The van der Waals surface area contributed by atoms with Gasteiger partial charge >= 0.3 is 12.0 Å². The summed E-state index contributed by atoms with van der Waals surface area (Å²) < 4.78 is 0. The lowest BCUT2D eigenvalue weighted by atomic mass is 10.2. The van der Waals surface area contributed by atoms with Crippen LogP contribution in [0.25, 0.3) is 0 Å². The van der Waals surface area contributed by atoms with E-state index in [1.807, 2.05) is 6.92 Å². The van der Waals surface area contributed by atoms with Gasteiger partial charge in [0.1, 0.15) is 12.6 Å². The lowest BCUT2D eigenvalue weighted by molar-refractivity contribution is -0.138. The molecule has 2 unspecified atom stereocenters. The van der Waals surface area contributed by atoms with Crippen LogP contribution in [0.3, 0.4) is 0 Å². The third kappa shape index (κ3) is 3.46. The molecule has 0 aromatic rings. The number of nitrogens with zero attached hydrogens (tertiary/aromatic N) is 2. The highest BCUT2D eigenvalue weighted by molar-refractivity contribution is 6.06. The molecular formula is C12H19N3O5. The first-order valence-corrected chi connectivity index (χ1v) is 6.37. The van der Waals surface area contributed by atoms with Crippen molar-refractivity contribution in [3.05, 3.63) is 0 Å². The van der Waals surface area contributed by atoms with Crippen molar-refractivity contribution in [3.8, 4) is 0 Å². The monoisotopic (exact) mass is 285 g/mol. The topological polar surface area (TPSA) is 107 Å². The molecule has 0 bridgehead atoms. The fourth-order valence-electron chi connectivity index (χ4n) is 1.89. The van der Waals surface area contributed by atoms with Crippen LogP contribution in [0.5, 0.6) is 0 Å². The van der Waals surface area contributed by atoms with E-state index in [9.17, 15) is 19.2 Å². The molecule has 4 amide bonds. The molecule has 0 radical (unpaired) electrons. The second-order valence-corrected chi connectivity index (χ2v) is 4.78. The number of carbonyl (C=O) groups excluding carboxylic acids is 3.